The number of halogens is 1. The van der Waals surface area contributed by atoms with Crippen LogP contribution < -0.4 is 10.1 Å². The van der Waals surface area contributed by atoms with E-state index >= 15 is 0 Å². The minimum atomic E-state index is -0.406. The van der Waals surface area contributed by atoms with Gasteiger partial charge in [0.05, 0.1) is 7.11 Å². The van der Waals surface area contributed by atoms with Gasteiger partial charge in [0.15, 0.2) is 0 Å². The number of hydrogen-bond acceptors (Lipinski definition) is 7. The van der Waals surface area contributed by atoms with Crippen molar-refractivity contribution in [1.82, 2.24) is 30.2 Å². The van der Waals surface area contributed by atoms with Gasteiger partial charge in [-0.3, -0.25) is 4.79 Å². The smallest absolute Gasteiger partial charge is 0.314 e. The quantitative estimate of drug-likeness (QED) is 0.707. The van der Waals surface area contributed by atoms with Gasteiger partial charge in [-0.05, 0) is 24.3 Å². The average Bonchev–Trinajstić information content (AvgIpc) is 3.22. The van der Waals surface area contributed by atoms with Gasteiger partial charge in [-0.2, -0.15) is 9.97 Å². The summed E-state index contributed by atoms with van der Waals surface area (Å²) in [6.45, 7) is 0.307. The molecule has 0 bridgehead atoms. The van der Waals surface area contributed by atoms with Gasteiger partial charge in [-0.25, -0.2) is 4.68 Å². The summed E-state index contributed by atoms with van der Waals surface area (Å²) in [6.07, 6.45) is 0.385. The zero-order chi connectivity index (χ0) is 17.8. The van der Waals surface area contributed by atoms with E-state index in [0.717, 1.165) is 5.56 Å². The van der Waals surface area contributed by atoms with Crippen molar-refractivity contribution in [3.63, 3.8) is 0 Å². The van der Waals surface area contributed by atoms with Crippen LogP contribution in [0.3, 0.4) is 0 Å². The molecule has 3 aromatic rings. The second kappa shape index (κ2) is 7.31. The molecular weight excluding hydrogens is 348 g/mol. The van der Waals surface area contributed by atoms with Crippen LogP contribution in [0.5, 0.6) is 6.01 Å². The maximum Gasteiger partial charge on any atom is 0.314 e. The lowest BCUT2D eigenvalue weighted by molar-refractivity contribution is 0.0942. The highest BCUT2D eigenvalue weighted by Gasteiger charge is 2.15. The van der Waals surface area contributed by atoms with Crippen molar-refractivity contribution in [1.29, 1.82) is 0 Å². The molecule has 0 aliphatic carbocycles. The molecule has 0 spiro atoms. The number of ether oxygens (including phenoxy) is 1. The van der Waals surface area contributed by atoms with E-state index in [-0.39, 0.29) is 11.8 Å². The number of aromatic nitrogens is 5. The molecule has 0 unspecified atom stereocenters. The fourth-order valence-electron chi connectivity index (χ4n) is 2.08. The molecule has 0 fully saturated rings. The summed E-state index contributed by atoms with van der Waals surface area (Å²) >= 11 is 5.85. The molecule has 1 N–H and O–H groups in total. The van der Waals surface area contributed by atoms with Crippen molar-refractivity contribution in [3.05, 3.63) is 41.0 Å². The molecule has 2 aromatic heterocycles. The Labute approximate surface area is 148 Å². The van der Waals surface area contributed by atoms with Crippen LogP contribution in [0.1, 0.15) is 16.5 Å². The third-order valence-electron chi connectivity index (χ3n) is 3.30. The van der Waals surface area contributed by atoms with E-state index in [1.807, 2.05) is 0 Å². The molecule has 3 rings (SSSR count). The second-order valence-electron chi connectivity index (χ2n) is 5.07. The standard InChI is InChI=1S/C15H15ClN6O3/c1-22-15(24-2)19-13(20-22)14(23)17-8-7-11-18-12(21-25-11)9-3-5-10(16)6-4-9/h3-6H,7-8H2,1-2H3,(H,17,23). The fourth-order valence-corrected chi connectivity index (χ4v) is 2.20. The number of hydrogen-bond donors (Lipinski definition) is 1. The lowest BCUT2D eigenvalue weighted by Crippen LogP contribution is -2.27. The lowest BCUT2D eigenvalue weighted by Gasteiger charge is -1.98. The van der Waals surface area contributed by atoms with Crippen LogP contribution in [0, 0.1) is 0 Å². The Bertz CT molecular complexity index is 874. The van der Waals surface area contributed by atoms with Crippen LogP contribution in [0.15, 0.2) is 28.8 Å². The molecule has 10 heteroatoms. The molecule has 0 aliphatic rings. The first kappa shape index (κ1) is 16.9. The third kappa shape index (κ3) is 3.94. The Morgan fingerprint density at radius 1 is 1.32 bits per heavy atom. The predicted molar refractivity (Wildman–Crippen MR) is 88.3 cm³/mol. The minimum Gasteiger partial charge on any atom is -0.467 e. The van der Waals surface area contributed by atoms with Gasteiger partial charge >= 0.3 is 6.01 Å². The molecule has 0 aliphatic heterocycles. The van der Waals surface area contributed by atoms with Crippen LogP contribution in [0.4, 0.5) is 0 Å². The van der Waals surface area contributed by atoms with Gasteiger partial charge in [0.25, 0.3) is 5.91 Å². The molecule has 2 heterocycles. The van der Waals surface area contributed by atoms with E-state index in [9.17, 15) is 4.79 Å². The van der Waals surface area contributed by atoms with E-state index in [0.29, 0.717) is 29.7 Å². The van der Waals surface area contributed by atoms with Gasteiger partial charge in [-0.15, -0.1) is 5.10 Å². The highest BCUT2D eigenvalue weighted by Crippen LogP contribution is 2.18. The fraction of sp³-hybridized carbons (Fsp3) is 0.267. The van der Waals surface area contributed by atoms with Gasteiger partial charge in [0.2, 0.25) is 17.5 Å². The first-order valence-electron chi connectivity index (χ1n) is 7.38. The molecule has 25 heavy (non-hydrogen) atoms. The first-order chi connectivity index (χ1) is 12.1. The highest BCUT2D eigenvalue weighted by atomic mass is 35.5. The largest absolute Gasteiger partial charge is 0.467 e. The predicted octanol–water partition coefficient (Wildman–Crippen LogP) is 1.50. The van der Waals surface area contributed by atoms with Gasteiger partial charge in [0, 0.05) is 30.6 Å². The topological polar surface area (TPSA) is 108 Å². The summed E-state index contributed by atoms with van der Waals surface area (Å²) in [5, 5.41) is 11.2. The Kier molecular flexibility index (Phi) is 4.94. The Morgan fingerprint density at radius 2 is 2.08 bits per heavy atom. The van der Waals surface area contributed by atoms with Crippen LogP contribution in [-0.2, 0) is 13.5 Å². The molecule has 0 radical (unpaired) electrons. The third-order valence-corrected chi connectivity index (χ3v) is 3.56. The van der Waals surface area contributed by atoms with Gasteiger partial charge < -0.3 is 14.6 Å². The number of carbonyl (C=O) groups is 1. The monoisotopic (exact) mass is 362 g/mol. The minimum absolute atomic E-state index is 0.0340. The van der Waals surface area contributed by atoms with Crippen LogP contribution in [-0.4, -0.2) is 44.5 Å². The van der Waals surface area contributed by atoms with Crippen LogP contribution >= 0.6 is 11.6 Å². The molecule has 130 valence electrons. The summed E-state index contributed by atoms with van der Waals surface area (Å²) in [5.41, 5.74) is 0.799. The first-order valence-corrected chi connectivity index (χ1v) is 7.76. The van der Waals surface area contributed by atoms with E-state index in [1.54, 1.807) is 31.3 Å². The average molecular weight is 363 g/mol. The SMILES string of the molecule is COc1nc(C(=O)NCCc2nc(-c3ccc(Cl)cc3)no2)nn1C. The van der Waals surface area contributed by atoms with Crippen molar-refractivity contribution in [3.8, 4) is 17.4 Å². The number of carbonyl (C=O) groups excluding carboxylic acids is 1. The van der Waals surface area contributed by atoms with Gasteiger partial charge in [-0.1, -0.05) is 16.8 Å². The summed E-state index contributed by atoms with van der Waals surface area (Å²) in [4.78, 5) is 20.2. The Hall–Kier alpha value is -2.94. The Morgan fingerprint density at radius 3 is 2.76 bits per heavy atom. The maximum absolute atomic E-state index is 12.0. The number of nitrogens with zero attached hydrogens (tertiary/aromatic N) is 5. The van der Waals surface area contributed by atoms with E-state index < -0.39 is 5.91 Å². The van der Waals surface area contributed by atoms with Crippen molar-refractivity contribution in [2.75, 3.05) is 13.7 Å². The number of amides is 1. The zero-order valence-corrected chi connectivity index (χ0v) is 14.3. The van der Waals surface area contributed by atoms with Crippen molar-refractivity contribution in [2.24, 2.45) is 7.05 Å². The summed E-state index contributed by atoms with van der Waals surface area (Å²) < 4.78 is 11.5. The number of methoxy groups -OCH3 is 1. The number of benzene rings is 1. The van der Waals surface area contributed by atoms with Crippen LogP contribution in [0.2, 0.25) is 5.02 Å². The number of rotatable bonds is 6. The molecule has 0 saturated heterocycles. The van der Waals surface area contributed by atoms with E-state index in [1.165, 1.54) is 11.8 Å². The normalized spacial score (nSPS) is 10.7. The van der Waals surface area contributed by atoms with E-state index in [4.69, 9.17) is 20.9 Å². The van der Waals surface area contributed by atoms with Crippen molar-refractivity contribution >= 4 is 17.5 Å². The molecule has 0 atom stereocenters. The molecular formula is C15H15ClN6O3. The highest BCUT2D eigenvalue weighted by molar-refractivity contribution is 6.30. The zero-order valence-electron chi connectivity index (χ0n) is 13.6. The number of nitrogens with one attached hydrogen (secondary N) is 1. The van der Waals surface area contributed by atoms with Crippen molar-refractivity contribution in [2.45, 2.75) is 6.42 Å². The second-order valence-corrected chi connectivity index (χ2v) is 5.51. The molecule has 9 nitrogen and oxygen atoms in total. The van der Waals surface area contributed by atoms with Crippen molar-refractivity contribution < 1.29 is 14.1 Å². The summed E-state index contributed by atoms with van der Waals surface area (Å²) in [5.74, 6) is 0.508. The number of aryl methyl sites for hydroxylation is 1. The summed E-state index contributed by atoms with van der Waals surface area (Å²) in [6, 6.07) is 7.37. The Balaban J connectivity index is 1.55. The van der Waals surface area contributed by atoms with Crippen LogP contribution in [0.25, 0.3) is 11.4 Å². The summed E-state index contributed by atoms with van der Waals surface area (Å²) in [7, 11) is 3.10. The maximum atomic E-state index is 12.0. The van der Waals surface area contributed by atoms with Gasteiger partial charge in [0.1, 0.15) is 0 Å². The molecule has 1 aromatic carbocycles. The molecule has 0 saturated carbocycles. The lowest BCUT2D eigenvalue weighted by atomic mass is 10.2. The van der Waals surface area contributed by atoms with E-state index in [2.05, 4.69) is 25.5 Å². The molecule has 1 amide bonds.